The van der Waals surface area contributed by atoms with Gasteiger partial charge in [0, 0.05) is 25.9 Å². The SMILES string of the molecule is CC.CN.COC(=O)N1CCC(OC(=O)NC2(C(=O)N[C@@H](C)C(=O)C=O)CCCCC2)CC1. The van der Waals surface area contributed by atoms with Gasteiger partial charge in [0.25, 0.3) is 0 Å². The van der Waals surface area contributed by atoms with Crippen LogP contribution >= 0.6 is 0 Å². The summed E-state index contributed by atoms with van der Waals surface area (Å²) in [5, 5.41) is 5.24. The van der Waals surface area contributed by atoms with Crippen LogP contribution in [-0.2, 0) is 23.9 Å². The highest BCUT2D eigenvalue weighted by Crippen LogP contribution is 2.29. The van der Waals surface area contributed by atoms with E-state index in [4.69, 9.17) is 4.74 Å². The molecule has 0 aromatic heterocycles. The number of methoxy groups -OCH3 is 1. The summed E-state index contributed by atoms with van der Waals surface area (Å²) in [4.78, 5) is 60.5. The van der Waals surface area contributed by atoms with E-state index in [0.29, 0.717) is 38.8 Å². The molecule has 1 atom stereocenters. The minimum absolute atomic E-state index is 0.168. The zero-order valence-electron chi connectivity index (χ0n) is 20.5. The van der Waals surface area contributed by atoms with Gasteiger partial charge < -0.3 is 30.7 Å². The zero-order valence-corrected chi connectivity index (χ0v) is 20.5. The number of aldehydes is 1. The van der Waals surface area contributed by atoms with Gasteiger partial charge in [-0.25, -0.2) is 9.59 Å². The summed E-state index contributed by atoms with van der Waals surface area (Å²) in [6, 6.07) is -0.959. The van der Waals surface area contributed by atoms with Crippen LogP contribution in [0.2, 0.25) is 0 Å². The minimum atomic E-state index is -1.17. The molecule has 1 aliphatic carbocycles. The summed E-state index contributed by atoms with van der Waals surface area (Å²) in [7, 11) is 2.82. The molecule has 1 aliphatic heterocycles. The fourth-order valence-corrected chi connectivity index (χ4v) is 3.73. The van der Waals surface area contributed by atoms with Crippen molar-refractivity contribution in [2.24, 2.45) is 5.73 Å². The molecule has 11 nitrogen and oxygen atoms in total. The van der Waals surface area contributed by atoms with Gasteiger partial charge in [0.2, 0.25) is 11.7 Å². The standard InChI is InChI=1S/C19H29N3O7.C2H6.CH5N/c1-13(15(24)12-23)20-16(25)19(8-4-3-5-9-19)21-17(26)29-14-6-10-22(11-7-14)18(27)28-2;2*1-2/h12-14H,3-11H2,1-2H3,(H,20,25)(H,21,26);1-2H3;2H2,1H3/t13-;;/m0../s1. The number of Topliss-reactive ketones (excluding diaryl/α,β-unsaturated/α-hetero) is 1. The average Bonchev–Trinajstić information content (AvgIpc) is 2.86. The summed E-state index contributed by atoms with van der Waals surface area (Å²) >= 11 is 0. The van der Waals surface area contributed by atoms with Crippen LogP contribution in [0.5, 0.6) is 0 Å². The van der Waals surface area contributed by atoms with Gasteiger partial charge in [0.15, 0.2) is 6.29 Å². The van der Waals surface area contributed by atoms with E-state index in [-0.39, 0.29) is 12.4 Å². The molecule has 2 aliphatic rings. The van der Waals surface area contributed by atoms with Crippen molar-refractivity contribution in [3.05, 3.63) is 0 Å². The largest absolute Gasteiger partial charge is 0.453 e. The van der Waals surface area contributed by atoms with E-state index in [1.54, 1.807) is 4.90 Å². The molecule has 1 saturated carbocycles. The number of ether oxygens (including phenoxy) is 2. The van der Waals surface area contributed by atoms with Gasteiger partial charge in [-0.05, 0) is 26.8 Å². The molecule has 2 rings (SSSR count). The lowest BCUT2D eigenvalue weighted by Gasteiger charge is -2.37. The topological polar surface area (TPSA) is 157 Å². The van der Waals surface area contributed by atoms with Gasteiger partial charge >= 0.3 is 12.2 Å². The van der Waals surface area contributed by atoms with Crippen molar-refractivity contribution < 1.29 is 33.4 Å². The molecule has 4 N–H and O–H groups in total. The number of likely N-dealkylation sites (tertiary alicyclic amines) is 1. The lowest BCUT2D eigenvalue weighted by molar-refractivity contribution is -0.135. The fraction of sp³-hybridized carbons (Fsp3) is 0.773. The summed E-state index contributed by atoms with van der Waals surface area (Å²) < 4.78 is 10.2. The van der Waals surface area contributed by atoms with Crippen LogP contribution in [0, 0.1) is 0 Å². The predicted octanol–water partition coefficient (Wildman–Crippen LogP) is 1.52. The molecule has 2 fully saturated rings. The van der Waals surface area contributed by atoms with Crippen LogP contribution in [-0.4, -0.2) is 80.0 Å². The molecule has 3 amide bonds. The van der Waals surface area contributed by atoms with Crippen molar-refractivity contribution in [2.75, 3.05) is 27.2 Å². The van der Waals surface area contributed by atoms with Crippen molar-refractivity contribution in [1.29, 1.82) is 0 Å². The lowest BCUT2D eigenvalue weighted by atomic mass is 9.80. The Morgan fingerprint density at radius 2 is 1.61 bits per heavy atom. The predicted molar refractivity (Wildman–Crippen MR) is 123 cm³/mol. The van der Waals surface area contributed by atoms with Crippen LogP contribution < -0.4 is 16.4 Å². The Hall–Kier alpha value is -2.69. The van der Waals surface area contributed by atoms with Crippen LogP contribution in [0.15, 0.2) is 0 Å². The van der Waals surface area contributed by atoms with Gasteiger partial charge in [0.1, 0.15) is 11.6 Å². The first-order valence-corrected chi connectivity index (χ1v) is 11.5. The highest BCUT2D eigenvalue weighted by atomic mass is 16.6. The highest BCUT2D eigenvalue weighted by Gasteiger charge is 2.42. The summed E-state index contributed by atoms with van der Waals surface area (Å²) in [5.74, 6) is -1.22. The highest BCUT2D eigenvalue weighted by molar-refractivity contribution is 6.27. The van der Waals surface area contributed by atoms with E-state index < -0.39 is 35.5 Å². The van der Waals surface area contributed by atoms with Crippen molar-refractivity contribution in [1.82, 2.24) is 15.5 Å². The Kier molecular flexibility index (Phi) is 14.7. The third-order valence-electron chi connectivity index (χ3n) is 5.52. The number of alkyl carbamates (subject to hydrolysis) is 1. The number of nitrogens with one attached hydrogen (secondary N) is 2. The summed E-state index contributed by atoms with van der Waals surface area (Å²) in [5.41, 5.74) is 3.33. The Morgan fingerprint density at radius 3 is 2.09 bits per heavy atom. The molecule has 0 aromatic carbocycles. The third kappa shape index (κ3) is 9.37. The zero-order chi connectivity index (χ0) is 25.4. The van der Waals surface area contributed by atoms with E-state index >= 15 is 0 Å². The molecule has 1 heterocycles. The van der Waals surface area contributed by atoms with Gasteiger partial charge in [-0.1, -0.05) is 33.1 Å². The van der Waals surface area contributed by atoms with E-state index in [9.17, 15) is 24.0 Å². The summed E-state index contributed by atoms with van der Waals surface area (Å²) in [6.45, 7) is 6.27. The first-order chi connectivity index (χ1) is 15.8. The second-order valence-corrected chi connectivity index (χ2v) is 7.54. The number of hydrogen-bond acceptors (Lipinski definition) is 8. The van der Waals surface area contributed by atoms with E-state index in [0.717, 1.165) is 19.3 Å². The van der Waals surface area contributed by atoms with Gasteiger partial charge in [-0.3, -0.25) is 14.4 Å². The molecular weight excluding hydrogens is 432 g/mol. The second kappa shape index (κ2) is 16.0. The summed E-state index contributed by atoms with van der Waals surface area (Å²) in [6.07, 6.45) is 2.95. The van der Waals surface area contributed by atoms with Gasteiger partial charge in [-0.2, -0.15) is 0 Å². The average molecular weight is 473 g/mol. The normalized spacial score (nSPS) is 18.1. The molecule has 0 spiro atoms. The van der Waals surface area contributed by atoms with Crippen molar-refractivity contribution in [3.63, 3.8) is 0 Å². The third-order valence-corrected chi connectivity index (χ3v) is 5.52. The van der Waals surface area contributed by atoms with Crippen molar-refractivity contribution in [2.45, 2.75) is 83.4 Å². The number of rotatable bonds is 6. The number of nitrogens with zero attached hydrogens (tertiary/aromatic N) is 1. The second-order valence-electron chi connectivity index (χ2n) is 7.54. The Labute approximate surface area is 196 Å². The minimum Gasteiger partial charge on any atom is -0.453 e. The van der Waals surface area contributed by atoms with Gasteiger partial charge in [0.05, 0.1) is 13.2 Å². The number of piperidine rings is 1. The Balaban J connectivity index is 0.00000242. The monoisotopic (exact) mass is 472 g/mol. The number of nitrogens with two attached hydrogens (primary N) is 1. The molecule has 190 valence electrons. The van der Waals surface area contributed by atoms with E-state index in [2.05, 4.69) is 21.1 Å². The Morgan fingerprint density at radius 1 is 1.06 bits per heavy atom. The van der Waals surface area contributed by atoms with Crippen LogP contribution in [0.1, 0.15) is 65.7 Å². The maximum absolute atomic E-state index is 12.8. The molecule has 33 heavy (non-hydrogen) atoms. The van der Waals surface area contributed by atoms with Crippen LogP contribution in [0.4, 0.5) is 9.59 Å². The number of amides is 3. The Bertz CT molecular complexity index is 643. The molecule has 0 aromatic rings. The quantitative estimate of drug-likeness (QED) is 0.388. The van der Waals surface area contributed by atoms with Crippen LogP contribution in [0.3, 0.4) is 0 Å². The van der Waals surface area contributed by atoms with Gasteiger partial charge in [-0.15, -0.1) is 0 Å². The first kappa shape index (κ1) is 30.3. The maximum Gasteiger partial charge on any atom is 0.409 e. The van der Waals surface area contributed by atoms with Crippen LogP contribution in [0.25, 0.3) is 0 Å². The lowest BCUT2D eigenvalue weighted by Crippen LogP contribution is -2.62. The number of hydrogen-bond donors (Lipinski definition) is 3. The van der Waals surface area contributed by atoms with Crippen molar-refractivity contribution >= 4 is 30.2 Å². The van der Waals surface area contributed by atoms with E-state index in [1.165, 1.54) is 21.1 Å². The molecule has 0 bridgehead atoms. The first-order valence-electron chi connectivity index (χ1n) is 11.5. The molecule has 0 unspecified atom stereocenters. The number of carbonyl (C=O) groups is 5. The molecule has 0 radical (unpaired) electrons. The number of ketones is 1. The number of carbonyl (C=O) groups excluding carboxylic acids is 5. The van der Waals surface area contributed by atoms with Crippen molar-refractivity contribution in [3.8, 4) is 0 Å². The molecule has 1 saturated heterocycles. The smallest absolute Gasteiger partial charge is 0.409 e. The molecular formula is C22H40N4O7. The van der Waals surface area contributed by atoms with E-state index in [1.807, 2.05) is 13.8 Å². The maximum atomic E-state index is 12.8. The molecule has 11 heteroatoms. The fourth-order valence-electron chi connectivity index (χ4n) is 3.73.